The number of nitrogens with one attached hydrogen (secondary N) is 1. The average molecular weight is 1240 g/mol. The van der Waals surface area contributed by atoms with Gasteiger partial charge in [-0.15, -0.1) is 0 Å². The zero-order valence-electron chi connectivity index (χ0n) is 57.4. The fourth-order valence-electron chi connectivity index (χ4n) is 11.7. The first-order chi connectivity index (χ1) is 43.2. The van der Waals surface area contributed by atoms with Crippen LogP contribution in [0, 0.1) is 0 Å². The molecule has 11 heteroatoms. The predicted molar refractivity (Wildman–Crippen MR) is 370 cm³/mol. The second kappa shape index (κ2) is 64.5. The number of hydrogen-bond acceptors (Lipinski definition) is 10. The lowest BCUT2D eigenvalue weighted by molar-refractivity contribution is -0.305. The van der Waals surface area contributed by atoms with Gasteiger partial charge in [0, 0.05) is 6.42 Å². The van der Waals surface area contributed by atoms with E-state index in [9.17, 15) is 35.1 Å². The van der Waals surface area contributed by atoms with E-state index in [-0.39, 0.29) is 13.0 Å². The minimum Gasteiger partial charge on any atom is -0.454 e. The molecule has 514 valence electrons. The lowest BCUT2D eigenvalue weighted by Crippen LogP contribution is -2.61. The second-order valence-corrected chi connectivity index (χ2v) is 26.0. The molecule has 11 nitrogen and oxygen atoms in total. The maximum Gasteiger partial charge on any atom is 0.306 e. The number of aliphatic hydroxyl groups excluding tert-OH is 5. The van der Waals surface area contributed by atoms with Crippen molar-refractivity contribution in [2.45, 2.75) is 404 Å². The molecule has 0 spiro atoms. The zero-order chi connectivity index (χ0) is 63.9. The highest BCUT2D eigenvalue weighted by atomic mass is 16.7. The van der Waals surface area contributed by atoms with Crippen molar-refractivity contribution >= 4 is 11.9 Å². The van der Waals surface area contributed by atoms with Crippen molar-refractivity contribution in [2.75, 3.05) is 13.2 Å². The van der Waals surface area contributed by atoms with Crippen LogP contribution in [0.15, 0.2) is 60.8 Å². The van der Waals surface area contributed by atoms with Crippen LogP contribution in [0.1, 0.15) is 355 Å². The first-order valence-corrected chi connectivity index (χ1v) is 37.6. The van der Waals surface area contributed by atoms with Crippen LogP contribution in [0.25, 0.3) is 0 Å². The molecule has 1 heterocycles. The van der Waals surface area contributed by atoms with Crippen LogP contribution in [-0.4, -0.2) is 99.6 Å². The number of esters is 1. The topological polar surface area (TPSA) is 175 Å². The third-order valence-electron chi connectivity index (χ3n) is 17.6. The third kappa shape index (κ3) is 50.9. The molecule has 88 heavy (non-hydrogen) atoms. The van der Waals surface area contributed by atoms with Crippen molar-refractivity contribution in [1.82, 2.24) is 5.32 Å². The molecule has 1 amide bonds. The summed E-state index contributed by atoms with van der Waals surface area (Å²) in [6.45, 7) is 5.79. The summed E-state index contributed by atoms with van der Waals surface area (Å²) in [5, 5.41) is 57.3. The number of carbonyl (C=O) groups excluding carboxylic acids is 2. The Bertz CT molecular complexity index is 1670. The molecule has 8 atom stereocenters. The molecule has 0 bridgehead atoms. The first-order valence-electron chi connectivity index (χ1n) is 37.6. The van der Waals surface area contributed by atoms with Crippen molar-refractivity contribution < 1.29 is 49.3 Å². The molecule has 1 rings (SSSR count). The number of aliphatic hydroxyl groups is 5. The highest BCUT2D eigenvalue weighted by Gasteiger charge is 2.47. The summed E-state index contributed by atoms with van der Waals surface area (Å²) in [7, 11) is 0. The van der Waals surface area contributed by atoms with Gasteiger partial charge in [-0.05, 0) is 89.9 Å². The van der Waals surface area contributed by atoms with Crippen LogP contribution in [0.3, 0.4) is 0 Å². The molecule has 1 fully saturated rings. The Kier molecular flexibility index (Phi) is 61.1. The van der Waals surface area contributed by atoms with Gasteiger partial charge in [0.2, 0.25) is 5.91 Å². The maximum atomic E-state index is 13.5. The number of ether oxygens (including phenoxy) is 3. The molecule has 0 saturated carbocycles. The van der Waals surface area contributed by atoms with Gasteiger partial charge >= 0.3 is 5.97 Å². The molecule has 1 saturated heterocycles. The quantitative estimate of drug-likeness (QED) is 0.0195. The molecular formula is C77H141NO10. The number of unbranched alkanes of at least 4 members (excludes halogenated alkanes) is 43. The van der Waals surface area contributed by atoms with Crippen molar-refractivity contribution in [3.05, 3.63) is 60.8 Å². The number of hydrogen-bond donors (Lipinski definition) is 6. The van der Waals surface area contributed by atoms with Gasteiger partial charge in [-0.2, -0.15) is 0 Å². The minimum absolute atomic E-state index is 0.125. The Labute approximate surface area is 541 Å². The fraction of sp³-hybridized carbons (Fsp3) is 0.844. The van der Waals surface area contributed by atoms with E-state index >= 15 is 0 Å². The van der Waals surface area contributed by atoms with E-state index in [0.717, 1.165) is 70.6 Å². The van der Waals surface area contributed by atoms with Crippen molar-refractivity contribution in [3.8, 4) is 0 Å². The van der Waals surface area contributed by atoms with E-state index < -0.39 is 67.4 Å². The molecule has 0 radical (unpaired) electrons. The third-order valence-corrected chi connectivity index (χ3v) is 17.6. The van der Waals surface area contributed by atoms with E-state index in [1.54, 1.807) is 6.08 Å². The van der Waals surface area contributed by atoms with E-state index in [1.807, 2.05) is 6.08 Å². The molecule has 8 unspecified atom stereocenters. The van der Waals surface area contributed by atoms with Gasteiger partial charge in [0.15, 0.2) is 12.4 Å². The number of amides is 1. The normalized spacial score (nSPS) is 18.5. The number of rotatable bonds is 65. The molecule has 0 aromatic rings. The van der Waals surface area contributed by atoms with Crippen LogP contribution < -0.4 is 5.32 Å². The average Bonchev–Trinajstić information content (AvgIpc) is 2.54. The Morgan fingerprint density at radius 3 is 1.18 bits per heavy atom. The van der Waals surface area contributed by atoms with Gasteiger partial charge in [-0.25, -0.2) is 0 Å². The number of allylic oxidation sites excluding steroid dienone is 9. The van der Waals surface area contributed by atoms with Crippen molar-refractivity contribution in [1.29, 1.82) is 0 Å². The Morgan fingerprint density at radius 2 is 0.784 bits per heavy atom. The summed E-state index contributed by atoms with van der Waals surface area (Å²) >= 11 is 0. The van der Waals surface area contributed by atoms with Gasteiger partial charge in [-0.3, -0.25) is 9.59 Å². The van der Waals surface area contributed by atoms with Crippen LogP contribution in [0.5, 0.6) is 0 Å². The monoisotopic (exact) mass is 1240 g/mol. The van der Waals surface area contributed by atoms with Crippen LogP contribution in [0.2, 0.25) is 0 Å². The molecule has 0 aromatic carbocycles. The Morgan fingerprint density at radius 1 is 0.443 bits per heavy atom. The summed E-state index contributed by atoms with van der Waals surface area (Å²) in [5.41, 5.74) is 0. The van der Waals surface area contributed by atoms with E-state index in [1.165, 1.54) is 238 Å². The summed E-state index contributed by atoms with van der Waals surface area (Å²) in [6, 6.07) is -1.03. The Balaban J connectivity index is 2.53. The maximum absolute atomic E-state index is 13.5. The lowest BCUT2D eigenvalue weighted by atomic mass is 9.99. The molecule has 0 aliphatic carbocycles. The number of carbonyl (C=O) groups is 2. The molecule has 1 aliphatic heterocycles. The smallest absolute Gasteiger partial charge is 0.306 e. The summed E-state index contributed by atoms with van der Waals surface area (Å²) < 4.78 is 17.7. The van der Waals surface area contributed by atoms with E-state index in [4.69, 9.17) is 14.2 Å². The summed E-state index contributed by atoms with van der Waals surface area (Å²) in [6.07, 6.45) is 72.6. The molecule has 6 N–H and O–H groups in total. The van der Waals surface area contributed by atoms with Gasteiger partial charge in [-0.1, -0.05) is 319 Å². The van der Waals surface area contributed by atoms with Gasteiger partial charge in [0.05, 0.1) is 25.4 Å². The van der Waals surface area contributed by atoms with Crippen LogP contribution in [0.4, 0.5) is 0 Å². The van der Waals surface area contributed by atoms with Crippen LogP contribution in [-0.2, 0) is 23.8 Å². The Hall–Kier alpha value is -2.64. The summed E-state index contributed by atoms with van der Waals surface area (Å²) in [4.78, 5) is 26.7. The highest BCUT2D eigenvalue weighted by molar-refractivity contribution is 5.80. The van der Waals surface area contributed by atoms with Crippen molar-refractivity contribution in [2.24, 2.45) is 0 Å². The molecule has 1 aliphatic rings. The molecule has 0 aromatic heterocycles. The van der Waals surface area contributed by atoms with E-state index in [0.29, 0.717) is 19.3 Å². The van der Waals surface area contributed by atoms with Crippen molar-refractivity contribution in [3.63, 3.8) is 0 Å². The zero-order valence-corrected chi connectivity index (χ0v) is 57.4. The van der Waals surface area contributed by atoms with Gasteiger partial charge in [0.25, 0.3) is 0 Å². The predicted octanol–water partition coefficient (Wildman–Crippen LogP) is 19.7. The standard InChI is InChI=1S/C77H141NO10/c1-4-7-10-13-16-19-22-25-27-29-31-33-35-36-37-39-41-43-45-47-50-53-56-59-62-65-72(82)88-75-74(84)73(83)71(66-79)87-77(75)86-67-68(69(80)63-60-57-54-51-48-24-21-18-15-12-9-6-3)78-76(85)70(81)64-61-58-55-52-49-46-44-42-40-38-34-32-30-28-26-23-20-17-14-11-8-5-2/h16-17,19-20,25-28,60,63,68-71,73-75,77,79-81,83-84H,4-15,18,21-24,29-59,61-62,64-67H2,1-3H3,(H,78,85)/b19-16-,20-17-,27-25-,28-26-,63-60+. The van der Waals surface area contributed by atoms with Crippen LogP contribution >= 0.6 is 0 Å². The van der Waals surface area contributed by atoms with E-state index in [2.05, 4.69) is 74.7 Å². The lowest BCUT2D eigenvalue weighted by Gasteiger charge is -2.41. The molecular weight excluding hydrogens is 1100 g/mol. The van der Waals surface area contributed by atoms with Gasteiger partial charge in [0.1, 0.15) is 24.4 Å². The SMILES string of the molecule is CCCCC/C=C\C/C=C\CCCCCCCCCCCCCCCCCC(=O)OC1C(OCC(NC(=O)C(O)CCCCCCCCCCCCCC/C=C\C/C=C\CCCCC)C(O)/C=C/CCCCCCCCCCCC)OC(CO)C(O)C1O. The summed E-state index contributed by atoms with van der Waals surface area (Å²) in [5.74, 6) is -1.18. The van der Waals surface area contributed by atoms with Gasteiger partial charge < -0.3 is 45.1 Å². The highest BCUT2D eigenvalue weighted by Crippen LogP contribution is 2.26. The minimum atomic E-state index is -1.61. The first kappa shape index (κ1) is 83.4. The second-order valence-electron chi connectivity index (χ2n) is 26.0. The fourth-order valence-corrected chi connectivity index (χ4v) is 11.7. The largest absolute Gasteiger partial charge is 0.454 e.